The summed E-state index contributed by atoms with van der Waals surface area (Å²) < 4.78 is 44.0. The highest BCUT2D eigenvalue weighted by molar-refractivity contribution is 7.88. The molecule has 0 aliphatic heterocycles. The van der Waals surface area contributed by atoms with Crippen LogP contribution in [0.2, 0.25) is 0 Å². The molecule has 0 radical (unpaired) electrons. The Kier molecular flexibility index (Phi) is 6.33. The number of benzene rings is 2. The van der Waals surface area contributed by atoms with E-state index in [4.69, 9.17) is 4.74 Å². The molecule has 6 nitrogen and oxygen atoms in total. The summed E-state index contributed by atoms with van der Waals surface area (Å²) in [5.74, 6) is -0.0632. The fraction of sp³-hybridized carbons (Fsp3) is 0.278. The molecule has 1 N–H and O–H groups in total. The van der Waals surface area contributed by atoms with E-state index in [0.717, 1.165) is 6.26 Å². The van der Waals surface area contributed by atoms with Crippen LogP contribution < -0.4 is 14.4 Å². The van der Waals surface area contributed by atoms with Crippen molar-refractivity contribution in [2.45, 2.75) is 12.5 Å². The Morgan fingerprint density at radius 1 is 1.15 bits per heavy atom. The summed E-state index contributed by atoms with van der Waals surface area (Å²) in [5, 5.41) is 0. The molecule has 2 rings (SSSR count). The van der Waals surface area contributed by atoms with Crippen molar-refractivity contribution < 1.29 is 22.3 Å². The molecule has 0 saturated heterocycles. The van der Waals surface area contributed by atoms with E-state index in [2.05, 4.69) is 4.72 Å². The molecule has 0 fully saturated rings. The number of amides is 1. The van der Waals surface area contributed by atoms with Gasteiger partial charge in [0, 0.05) is 19.2 Å². The second-order valence-electron chi connectivity index (χ2n) is 5.85. The highest BCUT2D eigenvalue weighted by Gasteiger charge is 2.22. The van der Waals surface area contributed by atoms with E-state index in [0.29, 0.717) is 17.0 Å². The van der Waals surface area contributed by atoms with Crippen LogP contribution in [0.15, 0.2) is 48.5 Å². The molecule has 26 heavy (non-hydrogen) atoms. The van der Waals surface area contributed by atoms with Gasteiger partial charge in [-0.1, -0.05) is 12.1 Å². The number of nitrogens with one attached hydrogen (secondary N) is 1. The zero-order valence-corrected chi connectivity index (χ0v) is 15.6. The lowest BCUT2D eigenvalue weighted by Gasteiger charge is -2.22. The molecule has 0 aromatic heterocycles. The van der Waals surface area contributed by atoms with Crippen LogP contribution in [0.25, 0.3) is 0 Å². The van der Waals surface area contributed by atoms with Crippen molar-refractivity contribution in [3.05, 3.63) is 59.9 Å². The quantitative estimate of drug-likeness (QED) is 0.801. The molecule has 8 heteroatoms. The lowest BCUT2D eigenvalue weighted by molar-refractivity contribution is -0.118. The van der Waals surface area contributed by atoms with Crippen LogP contribution in [0, 0.1) is 5.82 Å². The topological polar surface area (TPSA) is 75.7 Å². The minimum Gasteiger partial charge on any atom is -0.497 e. The van der Waals surface area contributed by atoms with E-state index < -0.39 is 21.9 Å². The molecule has 1 unspecified atom stereocenters. The van der Waals surface area contributed by atoms with Crippen LogP contribution in [0.4, 0.5) is 10.1 Å². The maximum atomic E-state index is 13.1. The molecule has 0 aliphatic rings. The minimum atomic E-state index is -3.56. The molecule has 2 aromatic carbocycles. The monoisotopic (exact) mass is 380 g/mol. The lowest BCUT2D eigenvalue weighted by atomic mass is 10.0. The Labute approximate surface area is 152 Å². The number of sulfonamides is 1. The first-order valence-corrected chi connectivity index (χ1v) is 9.72. The number of methoxy groups -OCH3 is 1. The first kappa shape index (κ1) is 19.9. The number of ether oxygens (including phenoxy) is 1. The smallest absolute Gasteiger partial charge is 0.228 e. The van der Waals surface area contributed by atoms with Crippen LogP contribution in [-0.4, -0.2) is 34.7 Å². The number of anilines is 1. The molecular formula is C18H21FN2O4S. The number of hydrogen-bond acceptors (Lipinski definition) is 4. The average Bonchev–Trinajstić information content (AvgIpc) is 2.60. The highest BCUT2D eigenvalue weighted by atomic mass is 32.2. The van der Waals surface area contributed by atoms with Gasteiger partial charge in [-0.25, -0.2) is 17.5 Å². The van der Waals surface area contributed by atoms with Gasteiger partial charge in [0.15, 0.2) is 0 Å². The van der Waals surface area contributed by atoms with E-state index >= 15 is 0 Å². The Hall–Kier alpha value is -2.45. The van der Waals surface area contributed by atoms with Crippen LogP contribution in [0.5, 0.6) is 5.75 Å². The minimum absolute atomic E-state index is 0.110. The average molecular weight is 380 g/mol. The fourth-order valence-electron chi connectivity index (χ4n) is 2.44. The van der Waals surface area contributed by atoms with Crippen molar-refractivity contribution in [1.29, 1.82) is 0 Å². The standard InChI is InChI=1S/C18H21FN2O4S/c1-21(15-8-10-16(25-2)11-9-15)18(22)12-17(20-26(3,23)24)13-4-6-14(19)7-5-13/h4-11,17,20H,12H2,1-3H3. The molecule has 1 atom stereocenters. The molecule has 140 valence electrons. The highest BCUT2D eigenvalue weighted by Crippen LogP contribution is 2.23. The van der Waals surface area contributed by atoms with Crippen molar-refractivity contribution in [2.24, 2.45) is 0 Å². The fourth-order valence-corrected chi connectivity index (χ4v) is 3.18. The first-order chi connectivity index (χ1) is 12.2. The van der Waals surface area contributed by atoms with Gasteiger partial charge in [0.1, 0.15) is 11.6 Å². The van der Waals surface area contributed by atoms with Crippen LogP contribution in [0.3, 0.4) is 0 Å². The van der Waals surface area contributed by atoms with Gasteiger partial charge >= 0.3 is 0 Å². The number of nitrogens with zero attached hydrogens (tertiary/aromatic N) is 1. The third-order valence-electron chi connectivity index (χ3n) is 3.84. The van der Waals surface area contributed by atoms with E-state index in [-0.39, 0.29) is 12.3 Å². The number of carbonyl (C=O) groups excluding carboxylic acids is 1. The molecular weight excluding hydrogens is 359 g/mol. The van der Waals surface area contributed by atoms with Crippen molar-refractivity contribution in [3.8, 4) is 5.75 Å². The maximum Gasteiger partial charge on any atom is 0.228 e. The lowest BCUT2D eigenvalue weighted by Crippen LogP contribution is -2.34. The van der Waals surface area contributed by atoms with Crippen LogP contribution in [-0.2, 0) is 14.8 Å². The predicted octanol–water partition coefficient (Wildman–Crippen LogP) is 2.48. The first-order valence-electron chi connectivity index (χ1n) is 7.83. The van der Waals surface area contributed by atoms with E-state index in [9.17, 15) is 17.6 Å². The van der Waals surface area contributed by atoms with Gasteiger partial charge in [-0.2, -0.15) is 0 Å². The maximum absolute atomic E-state index is 13.1. The van der Waals surface area contributed by atoms with Crippen molar-refractivity contribution in [1.82, 2.24) is 4.72 Å². The second kappa shape index (κ2) is 8.29. The summed E-state index contributed by atoms with van der Waals surface area (Å²) >= 11 is 0. The Morgan fingerprint density at radius 2 is 1.73 bits per heavy atom. The second-order valence-corrected chi connectivity index (χ2v) is 7.63. The predicted molar refractivity (Wildman–Crippen MR) is 98.1 cm³/mol. The van der Waals surface area contributed by atoms with Crippen molar-refractivity contribution in [2.75, 3.05) is 25.3 Å². The van der Waals surface area contributed by atoms with Gasteiger partial charge in [-0.15, -0.1) is 0 Å². The molecule has 0 bridgehead atoms. The van der Waals surface area contributed by atoms with E-state index in [1.54, 1.807) is 38.4 Å². The number of rotatable bonds is 7. The van der Waals surface area contributed by atoms with Gasteiger partial charge in [0.2, 0.25) is 15.9 Å². The number of carbonyl (C=O) groups is 1. The molecule has 0 spiro atoms. The third-order valence-corrected chi connectivity index (χ3v) is 4.55. The number of halogens is 1. The van der Waals surface area contributed by atoms with E-state index in [1.807, 2.05) is 0 Å². The largest absolute Gasteiger partial charge is 0.497 e. The Bertz CT molecular complexity index is 852. The molecule has 0 saturated carbocycles. The van der Waals surface area contributed by atoms with Crippen molar-refractivity contribution in [3.63, 3.8) is 0 Å². The summed E-state index contributed by atoms with van der Waals surface area (Å²) in [4.78, 5) is 14.1. The van der Waals surface area contributed by atoms with Gasteiger partial charge in [0.05, 0.1) is 19.4 Å². The summed E-state index contributed by atoms with van der Waals surface area (Å²) in [6.45, 7) is 0. The summed E-state index contributed by atoms with van der Waals surface area (Å²) in [6.07, 6.45) is 0.905. The molecule has 1 amide bonds. The van der Waals surface area contributed by atoms with Crippen LogP contribution >= 0.6 is 0 Å². The SMILES string of the molecule is COc1ccc(N(C)C(=O)CC(NS(C)(=O)=O)c2ccc(F)cc2)cc1. The molecule has 2 aromatic rings. The Balaban J connectivity index is 2.20. The zero-order valence-electron chi connectivity index (χ0n) is 14.8. The Morgan fingerprint density at radius 3 is 2.23 bits per heavy atom. The van der Waals surface area contributed by atoms with Gasteiger partial charge in [0.25, 0.3) is 0 Å². The van der Waals surface area contributed by atoms with E-state index in [1.165, 1.54) is 29.2 Å². The summed E-state index contributed by atoms with van der Waals surface area (Å²) in [6, 6.07) is 11.5. The number of hydrogen-bond donors (Lipinski definition) is 1. The molecule has 0 heterocycles. The van der Waals surface area contributed by atoms with Gasteiger partial charge in [-0.3, -0.25) is 4.79 Å². The van der Waals surface area contributed by atoms with Crippen LogP contribution in [0.1, 0.15) is 18.0 Å². The zero-order chi connectivity index (χ0) is 19.3. The van der Waals surface area contributed by atoms with Gasteiger partial charge < -0.3 is 9.64 Å². The van der Waals surface area contributed by atoms with Gasteiger partial charge in [-0.05, 0) is 42.0 Å². The normalized spacial score (nSPS) is 12.5. The summed E-state index contributed by atoms with van der Waals surface area (Å²) in [5.41, 5.74) is 1.15. The van der Waals surface area contributed by atoms with Crippen molar-refractivity contribution >= 4 is 21.6 Å². The molecule has 0 aliphatic carbocycles. The summed E-state index contributed by atoms with van der Waals surface area (Å²) in [7, 11) is -0.404. The third kappa shape index (κ3) is 5.53.